The van der Waals surface area contributed by atoms with Crippen LogP contribution in [0.15, 0.2) is 48.5 Å². The molecule has 1 aliphatic heterocycles. The van der Waals surface area contributed by atoms with Crippen molar-refractivity contribution in [1.29, 1.82) is 0 Å². The maximum atomic E-state index is 13.3. The second-order valence-corrected chi connectivity index (χ2v) is 9.10. The summed E-state index contributed by atoms with van der Waals surface area (Å²) in [5.74, 6) is 1.30. The minimum atomic E-state index is -0.245. The SMILES string of the molecule is Cc1cccc(CN(CC(=O)N2CCS[C@@H]2c2ccc(F)cc2)CC(C)C)c1. The van der Waals surface area contributed by atoms with E-state index in [1.807, 2.05) is 4.90 Å². The molecule has 1 saturated heterocycles. The van der Waals surface area contributed by atoms with Crippen LogP contribution < -0.4 is 0 Å². The van der Waals surface area contributed by atoms with Crippen LogP contribution in [0.2, 0.25) is 0 Å². The molecule has 0 aromatic heterocycles. The molecular weight excluding hydrogens is 371 g/mol. The van der Waals surface area contributed by atoms with E-state index in [4.69, 9.17) is 0 Å². The maximum absolute atomic E-state index is 13.3. The lowest BCUT2D eigenvalue weighted by Crippen LogP contribution is -2.41. The summed E-state index contributed by atoms with van der Waals surface area (Å²) in [6, 6.07) is 15.0. The molecule has 0 radical (unpaired) electrons. The van der Waals surface area contributed by atoms with E-state index in [-0.39, 0.29) is 17.1 Å². The normalized spacial score (nSPS) is 16.9. The fraction of sp³-hybridized carbons (Fsp3) is 0.435. The van der Waals surface area contributed by atoms with E-state index in [2.05, 4.69) is 49.9 Å². The largest absolute Gasteiger partial charge is 0.325 e. The molecule has 150 valence electrons. The van der Waals surface area contributed by atoms with Crippen LogP contribution in [0.5, 0.6) is 0 Å². The molecule has 1 amide bonds. The number of amides is 1. The molecule has 5 heteroatoms. The number of hydrogen-bond donors (Lipinski definition) is 0. The van der Waals surface area contributed by atoms with E-state index in [0.29, 0.717) is 12.5 Å². The Balaban J connectivity index is 1.70. The Labute approximate surface area is 171 Å². The Morgan fingerprint density at radius 3 is 2.68 bits per heavy atom. The summed E-state index contributed by atoms with van der Waals surface area (Å²) in [6.45, 7) is 9.25. The fourth-order valence-corrected chi connectivity index (χ4v) is 4.96. The zero-order chi connectivity index (χ0) is 20.1. The lowest BCUT2D eigenvalue weighted by Gasteiger charge is -2.29. The molecule has 1 aliphatic rings. The van der Waals surface area contributed by atoms with Gasteiger partial charge in [-0.2, -0.15) is 0 Å². The van der Waals surface area contributed by atoms with Crippen LogP contribution in [0, 0.1) is 18.7 Å². The molecule has 28 heavy (non-hydrogen) atoms. The highest BCUT2D eigenvalue weighted by atomic mass is 32.2. The number of thioether (sulfide) groups is 1. The van der Waals surface area contributed by atoms with Gasteiger partial charge in [0.2, 0.25) is 5.91 Å². The molecule has 1 heterocycles. The molecule has 3 nitrogen and oxygen atoms in total. The Bertz CT molecular complexity index is 793. The van der Waals surface area contributed by atoms with E-state index >= 15 is 0 Å². The average Bonchev–Trinajstić information content (AvgIpc) is 3.11. The van der Waals surface area contributed by atoms with Crippen molar-refractivity contribution >= 4 is 17.7 Å². The van der Waals surface area contributed by atoms with Crippen LogP contribution in [0.4, 0.5) is 4.39 Å². The topological polar surface area (TPSA) is 23.6 Å². The van der Waals surface area contributed by atoms with Crippen molar-refractivity contribution in [3.63, 3.8) is 0 Å². The fourth-order valence-electron chi connectivity index (χ4n) is 3.68. The van der Waals surface area contributed by atoms with Gasteiger partial charge in [0.05, 0.1) is 6.54 Å². The number of hydrogen-bond acceptors (Lipinski definition) is 3. The molecular formula is C23H29FN2OS. The van der Waals surface area contributed by atoms with Gasteiger partial charge in [-0.3, -0.25) is 9.69 Å². The first-order chi connectivity index (χ1) is 13.4. The highest BCUT2D eigenvalue weighted by Crippen LogP contribution is 2.38. The Hall–Kier alpha value is -1.85. The van der Waals surface area contributed by atoms with Crippen molar-refractivity contribution in [3.8, 4) is 0 Å². The van der Waals surface area contributed by atoms with E-state index < -0.39 is 0 Å². The van der Waals surface area contributed by atoms with E-state index in [1.165, 1.54) is 23.3 Å². The predicted molar refractivity (Wildman–Crippen MR) is 115 cm³/mol. The van der Waals surface area contributed by atoms with Crippen molar-refractivity contribution in [2.45, 2.75) is 32.7 Å². The molecule has 2 aromatic rings. The number of halogens is 1. The molecule has 3 rings (SSSR count). The monoisotopic (exact) mass is 400 g/mol. The standard InChI is InChI=1S/C23H29FN2OS/c1-17(2)14-25(15-19-6-4-5-18(3)13-19)16-22(27)26-11-12-28-23(26)20-7-9-21(24)10-8-20/h4-10,13,17,23H,11-12,14-16H2,1-3H3/t23-/m1/s1. The summed E-state index contributed by atoms with van der Waals surface area (Å²) in [7, 11) is 0. The maximum Gasteiger partial charge on any atom is 0.237 e. The van der Waals surface area contributed by atoms with E-state index in [1.54, 1.807) is 23.9 Å². The molecule has 0 bridgehead atoms. The Morgan fingerprint density at radius 1 is 1.25 bits per heavy atom. The van der Waals surface area contributed by atoms with Gasteiger partial charge in [0.15, 0.2) is 0 Å². The van der Waals surface area contributed by atoms with Gasteiger partial charge in [-0.1, -0.05) is 55.8 Å². The Morgan fingerprint density at radius 2 is 2.00 bits per heavy atom. The first-order valence-corrected chi connectivity index (χ1v) is 10.9. The van der Waals surface area contributed by atoms with E-state index in [0.717, 1.165) is 31.0 Å². The molecule has 0 spiro atoms. The summed E-state index contributed by atoms with van der Waals surface area (Å²) < 4.78 is 13.3. The number of carbonyl (C=O) groups excluding carboxylic acids is 1. The summed E-state index contributed by atoms with van der Waals surface area (Å²) in [6.07, 6.45) is 0. The smallest absolute Gasteiger partial charge is 0.237 e. The molecule has 0 N–H and O–H groups in total. The summed E-state index contributed by atoms with van der Waals surface area (Å²) in [5.41, 5.74) is 3.46. The van der Waals surface area contributed by atoms with Crippen molar-refractivity contribution < 1.29 is 9.18 Å². The highest BCUT2D eigenvalue weighted by Gasteiger charge is 2.31. The quantitative estimate of drug-likeness (QED) is 0.663. The van der Waals surface area contributed by atoms with Crippen LogP contribution in [0.3, 0.4) is 0 Å². The van der Waals surface area contributed by atoms with Gasteiger partial charge in [0.25, 0.3) is 0 Å². The minimum Gasteiger partial charge on any atom is -0.325 e. The average molecular weight is 401 g/mol. The van der Waals surface area contributed by atoms with Gasteiger partial charge >= 0.3 is 0 Å². The van der Waals surface area contributed by atoms with Crippen molar-refractivity contribution in [2.24, 2.45) is 5.92 Å². The van der Waals surface area contributed by atoms with Crippen molar-refractivity contribution in [3.05, 3.63) is 71.0 Å². The second kappa shape index (κ2) is 9.57. The third kappa shape index (κ3) is 5.58. The lowest BCUT2D eigenvalue weighted by molar-refractivity contribution is -0.132. The minimum absolute atomic E-state index is 0.0204. The lowest BCUT2D eigenvalue weighted by atomic mass is 10.1. The molecule has 0 saturated carbocycles. The third-order valence-electron chi connectivity index (χ3n) is 4.84. The zero-order valence-electron chi connectivity index (χ0n) is 16.9. The van der Waals surface area contributed by atoms with Gasteiger partial charge < -0.3 is 4.90 Å². The second-order valence-electron chi connectivity index (χ2n) is 7.91. The number of carbonyl (C=O) groups is 1. The van der Waals surface area contributed by atoms with Gasteiger partial charge in [-0.15, -0.1) is 11.8 Å². The predicted octanol–water partition coefficient (Wildman–Crippen LogP) is 4.87. The highest BCUT2D eigenvalue weighted by molar-refractivity contribution is 7.99. The van der Waals surface area contributed by atoms with Gasteiger partial charge in [0, 0.05) is 25.4 Å². The van der Waals surface area contributed by atoms with Gasteiger partial charge in [-0.05, 0) is 36.1 Å². The first-order valence-electron chi connectivity index (χ1n) is 9.87. The number of nitrogens with zero attached hydrogens (tertiary/aromatic N) is 2. The number of benzene rings is 2. The van der Waals surface area contributed by atoms with Gasteiger partial charge in [-0.25, -0.2) is 4.39 Å². The van der Waals surface area contributed by atoms with Crippen LogP contribution in [0.25, 0.3) is 0 Å². The summed E-state index contributed by atoms with van der Waals surface area (Å²) in [5, 5.41) is -0.0204. The molecule has 0 unspecified atom stereocenters. The third-order valence-corrected chi connectivity index (χ3v) is 6.10. The number of rotatable bonds is 7. The van der Waals surface area contributed by atoms with Crippen molar-refractivity contribution in [1.82, 2.24) is 9.80 Å². The summed E-state index contributed by atoms with van der Waals surface area (Å²) in [4.78, 5) is 17.3. The zero-order valence-corrected chi connectivity index (χ0v) is 17.7. The molecule has 2 aromatic carbocycles. The van der Waals surface area contributed by atoms with Crippen molar-refractivity contribution in [2.75, 3.05) is 25.4 Å². The van der Waals surface area contributed by atoms with Crippen LogP contribution in [0.1, 0.15) is 35.9 Å². The van der Waals surface area contributed by atoms with E-state index in [9.17, 15) is 9.18 Å². The molecule has 1 atom stereocenters. The Kier molecular flexibility index (Phi) is 7.13. The van der Waals surface area contributed by atoms with Crippen LogP contribution in [-0.2, 0) is 11.3 Å². The van der Waals surface area contributed by atoms with Gasteiger partial charge in [0.1, 0.15) is 11.2 Å². The first kappa shape index (κ1) is 20.9. The molecule has 1 fully saturated rings. The summed E-state index contributed by atoms with van der Waals surface area (Å²) >= 11 is 1.75. The van der Waals surface area contributed by atoms with Crippen LogP contribution >= 0.6 is 11.8 Å². The number of aryl methyl sites for hydroxylation is 1. The molecule has 0 aliphatic carbocycles. The van der Waals surface area contributed by atoms with Crippen LogP contribution in [-0.4, -0.2) is 41.1 Å².